The molecule has 3 aromatic rings. The number of piperidine rings is 1. The van der Waals surface area contributed by atoms with E-state index in [9.17, 15) is 9.90 Å². The lowest BCUT2D eigenvalue weighted by molar-refractivity contribution is -0.116. The van der Waals surface area contributed by atoms with E-state index in [4.69, 9.17) is 4.74 Å². The molecule has 0 bridgehead atoms. The Morgan fingerprint density at radius 3 is 2.91 bits per heavy atom. The first-order valence-electron chi connectivity index (χ1n) is 11.8. The lowest BCUT2D eigenvalue weighted by Gasteiger charge is -2.33. The summed E-state index contributed by atoms with van der Waals surface area (Å²) in [6, 6.07) is 8.05. The van der Waals surface area contributed by atoms with Gasteiger partial charge >= 0.3 is 0 Å². The molecule has 0 unspecified atom stereocenters. The molecule has 0 radical (unpaired) electrons. The zero-order valence-corrected chi connectivity index (χ0v) is 19.3. The molecular formula is C25H30N6O3. The molecule has 0 saturated carbocycles. The van der Waals surface area contributed by atoms with E-state index in [0.29, 0.717) is 36.2 Å². The van der Waals surface area contributed by atoms with Gasteiger partial charge in [-0.15, -0.1) is 0 Å². The second-order valence-electron chi connectivity index (χ2n) is 8.99. The fourth-order valence-electron chi connectivity index (χ4n) is 4.74. The molecule has 0 aromatic carbocycles. The van der Waals surface area contributed by atoms with E-state index in [1.54, 1.807) is 19.4 Å². The number of nitrogens with zero attached hydrogens (tertiary/aromatic N) is 4. The predicted octanol–water partition coefficient (Wildman–Crippen LogP) is 2.21. The molecule has 1 fully saturated rings. The first-order chi connectivity index (χ1) is 16.6. The Hall–Kier alpha value is -3.14. The fraction of sp³-hybridized carbons (Fsp3) is 0.440. The Morgan fingerprint density at radius 2 is 2.09 bits per heavy atom. The van der Waals surface area contributed by atoms with Crippen LogP contribution in [0.3, 0.4) is 0 Å². The number of hydrogen-bond donors (Lipinski definition) is 3. The van der Waals surface area contributed by atoms with Crippen LogP contribution in [-0.4, -0.2) is 63.7 Å². The minimum Gasteiger partial charge on any atom is -0.481 e. The van der Waals surface area contributed by atoms with Crippen molar-refractivity contribution in [2.45, 2.75) is 44.4 Å². The number of carbonyl (C=O) groups is 1. The van der Waals surface area contributed by atoms with Gasteiger partial charge in [-0.3, -0.25) is 9.78 Å². The van der Waals surface area contributed by atoms with Crippen molar-refractivity contribution in [2.75, 3.05) is 32.1 Å². The van der Waals surface area contributed by atoms with Crippen molar-refractivity contribution >= 4 is 22.8 Å². The van der Waals surface area contributed by atoms with Gasteiger partial charge < -0.3 is 25.4 Å². The van der Waals surface area contributed by atoms with Crippen LogP contribution in [0.4, 0.5) is 5.82 Å². The van der Waals surface area contributed by atoms with Crippen LogP contribution in [0.5, 0.6) is 5.88 Å². The monoisotopic (exact) mass is 462 g/mol. The lowest BCUT2D eigenvalue weighted by atomic mass is 10.0. The summed E-state index contributed by atoms with van der Waals surface area (Å²) in [5, 5.41) is 17.4. The second kappa shape index (κ2) is 10.0. The number of aryl methyl sites for hydroxylation is 1. The number of aliphatic hydroxyl groups excluding tert-OH is 1. The molecule has 2 aliphatic heterocycles. The molecule has 178 valence electrons. The number of hydrogen-bond acceptors (Lipinski definition) is 8. The topological polar surface area (TPSA) is 113 Å². The zero-order valence-electron chi connectivity index (χ0n) is 19.3. The largest absolute Gasteiger partial charge is 0.481 e. The number of ether oxygens (including phenoxy) is 1. The number of nitrogens with one attached hydrogen (secondary N) is 2. The number of anilines is 1. The standard InChI is InChI=1S/C25H30N6O3/c1-34-23-5-3-20-24(30-23)19(6-9-26-20)21(32)15-31-10-7-18(8-11-31)27-13-16-12-17-2-4-22(33)29-25(17)28-14-16/h3,5-6,9,12,14,18,21,27,32H,2,4,7-8,10-11,13,15H2,1H3,(H,28,29,33)/t21-/m1/s1. The first kappa shape index (κ1) is 22.6. The van der Waals surface area contributed by atoms with E-state index in [-0.39, 0.29) is 5.91 Å². The van der Waals surface area contributed by atoms with Gasteiger partial charge in [-0.25, -0.2) is 9.97 Å². The Morgan fingerprint density at radius 1 is 1.24 bits per heavy atom. The number of aliphatic hydroxyl groups is 1. The average Bonchev–Trinajstić information content (AvgIpc) is 2.87. The molecule has 5 rings (SSSR count). The molecule has 3 N–H and O–H groups in total. The van der Waals surface area contributed by atoms with Crippen molar-refractivity contribution in [2.24, 2.45) is 0 Å². The summed E-state index contributed by atoms with van der Waals surface area (Å²) < 4.78 is 5.25. The van der Waals surface area contributed by atoms with Crippen molar-refractivity contribution < 1.29 is 14.6 Å². The average molecular weight is 463 g/mol. The zero-order chi connectivity index (χ0) is 23.5. The summed E-state index contributed by atoms with van der Waals surface area (Å²) >= 11 is 0. The van der Waals surface area contributed by atoms with Crippen LogP contribution in [0.1, 0.15) is 42.1 Å². The number of likely N-dealkylation sites (tertiary alicyclic amines) is 1. The first-order valence-corrected chi connectivity index (χ1v) is 11.8. The van der Waals surface area contributed by atoms with Gasteiger partial charge in [0.25, 0.3) is 0 Å². The Bertz CT molecular complexity index is 1180. The maximum Gasteiger partial charge on any atom is 0.225 e. The molecule has 2 aliphatic rings. The minimum atomic E-state index is -0.642. The van der Waals surface area contributed by atoms with E-state index in [1.807, 2.05) is 18.3 Å². The van der Waals surface area contributed by atoms with Gasteiger partial charge in [0.05, 0.1) is 24.2 Å². The highest BCUT2D eigenvalue weighted by atomic mass is 16.5. The molecule has 0 aliphatic carbocycles. The van der Waals surface area contributed by atoms with Gasteiger partial charge in [-0.2, -0.15) is 0 Å². The molecule has 0 spiro atoms. The molecule has 1 atom stereocenters. The molecule has 1 saturated heterocycles. The van der Waals surface area contributed by atoms with Crippen LogP contribution in [0, 0.1) is 0 Å². The van der Waals surface area contributed by atoms with Crippen molar-refractivity contribution in [3.63, 3.8) is 0 Å². The molecule has 3 aromatic heterocycles. The van der Waals surface area contributed by atoms with E-state index in [2.05, 4.69) is 36.6 Å². The van der Waals surface area contributed by atoms with Gasteiger partial charge in [0.2, 0.25) is 11.8 Å². The van der Waals surface area contributed by atoms with Crippen LogP contribution in [0.15, 0.2) is 36.7 Å². The Kier molecular flexibility index (Phi) is 6.66. The number of carbonyl (C=O) groups excluding carboxylic acids is 1. The van der Waals surface area contributed by atoms with Crippen LogP contribution in [0.2, 0.25) is 0 Å². The number of β-amino-alcohol motifs (C(OH)–C–C–N with tert-alkyl or cyclic N) is 1. The van der Waals surface area contributed by atoms with Crippen molar-refractivity contribution in [3.05, 3.63) is 53.3 Å². The van der Waals surface area contributed by atoms with Crippen LogP contribution < -0.4 is 15.4 Å². The fourth-order valence-corrected chi connectivity index (χ4v) is 4.74. The summed E-state index contributed by atoms with van der Waals surface area (Å²) in [5.74, 6) is 1.25. The quantitative estimate of drug-likeness (QED) is 0.490. The normalized spacial score (nSPS) is 17.9. The van der Waals surface area contributed by atoms with E-state index < -0.39 is 6.10 Å². The molecule has 34 heavy (non-hydrogen) atoms. The van der Waals surface area contributed by atoms with E-state index >= 15 is 0 Å². The van der Waals surface area contributed by atoms with E-state index in [0.717, 1.165) is 61.1 Å². The molecular weight excluding hydrogens is 432 g/mol. The third-order valence-electron chi connectivity index (χ3n) is 6.67. The van der Waals surface area contributed by atoms with Crippen molar-refractivity contribution in [1.29, 1.82) is 0 Å². The van der Waals surface area contributed by atoms with E-state index in [1.165, 1.54) is 0 Å². The maximum absolute atomic E-state index is 11.5. The number of fused-ring (bicyclic) bond motifs is 2. The summed E-state index contributed by atoms with van der Waals surface area (Å²) in [6.07, 6.45) is 6.22. The van der Waals surface area contributed by atoms with Crippen molar-refractivity contribution in [3.8, 4) is 5.88 Å². The van der Waals surface area contributed by atoms with Crippen LogP contribution in [-0.2, 0) is 17.8 Å². The van der Waals surface area contributed by atoms with Crippen LogP contribution >= 0.6 is 0 Å². The number of amides is 1. The maximum atomic E-state index is 11.5. The smallest absolute Gasteiger partial charge is 0.225 e. The molecule has 5 heterocycles. The summed E-state index contributed by atoms with van der Waals surface area (Å²) in [7, 11) is 1.58. The lowest BCUT2D eigenvalue weighted by Crippen LogP contribution is -2.43. The molecule has 1 amide bonds. The van der Waals surface area contributed by atoms with Gasteiger partial charge in [0, 0.05) is 49.6 Å². The Balaban J connectivity index is 1.13. The third-order valence-corrected chi connectivity index (χ3v) is 6.67. The predicted molar refractivity (Wildman–Crippen MR) is 129 cm³/mol. The number of aromatic nitrogens is 3. The van der Waals surface area contributed by atoms with Gasteiger partial charge in [-0.05, 0) is 61.7 Å². The minimum absolute atomic E-state index is 0.0378. The van der Waals surface area contributed by atoms with Gasteiger partial charge in [-0.1, -0.05) is 0 Å². The number of rotatable bonds is 7. The highest BCUT2D eigenvalue weighted by molar-refractivity contribution is 5.92. The van der Waals surface area contributed by atoms with Crippen LogP contribution in [0.25, 0.3) is 11.0 Å². The highest BCUT2D eigenvalue weighted by Crippen LogP contribution is 2.25. The SMILES string of the molecule is COc1ccc2nccc([C@H](O)CN3CCC(NCc4cnc5c(c4)CCC(=O)N5)CC3)c2n1. The number of methoxy groups -OCH3 is 1. The number of pyridine rings is 3. The summed E-state index contributed by atoms with van der Waals surface area (Å²) in [6.45, 7) is 3.16. The summed E-state index contributed by atoms with van der Waals surface area (Å²) in [4.78, 5) is 27.1. The third kappa shape index (κ3) is 5.01. The second-order valence-corrected chi connectivity index (χ2v) is 8.99. The Labute approximate surface area is 198 Å². The van der Waals surface area contributed by atoms with Crippen molar-refractivity contribution in [1.82, 2.24) is 25.2 Å². The molecule has 9 nitrogen and oxygen atoms in total. The van der Waals surface area contributed by atoms with Gasteiger partial charge in [0.1, 0.15) is 5.82 Å². The van der Waals surface area contributed by atoms with Gasteiger partial charge in [0.15, 0.2) is 0 Å². The summed E-state index contributed by atoms with van der Waals surface area (Å²) in [5.41, 5.74) is 4.46. The highest BCUT2D eigenvalue weighted by Gasteiger charge is 2.23. The molecule has 9 heteroatoms.